The SMILES string of the molecule is Cc1cc(NC(=O)C2(NC(=O)c3ccc(Br)s3)CCCC2)ccc1C(=O)N1CCCC1. The smallest absolute Gasteiger partial charge is 0.262 e. The van der Waals surface area contributed by atoms with Crippen LogP contribution in [0.15, 0.2) is 34.1 Å². The third kappa shape index (κ3) is 4.70. The van der Waals surface area contributed by atoms with Gasteiger partial charge in [-0.15, -0.1) is 11.3 Å². The Hall–Kier alpha value is -2.19. The second kappa shape index (κ2) is 9.12. The van der Waals surface area contributed by atoms with E-state index in [-0.39, 0.29) is 17.7 Å². The minimum absolute atomic E-state index is 0.0505. The van der Waals surface area contributed by atoms with Gasteiger partial charge in [-0.25, -0.2) is 0 Å². The average Bonchev–Trinajstić information content (AvgIpc) is 3.50. The zero-order valence-electron chi connectivity index (χ0n) is 17.5. The van der Waals surface area contributed by atoms with Gasteiger partial charge in [0.25, 0.3) is 11.8 Å². The zero-order valence-corrected chi connectivity index (χ0v) is 19.9. The molecule has 0 atom stereocenters. The van der Waals surface area contributed by atoms with Gasteiger partial charge in [-0.3, -0.25) is 14.4 Å². The van der Waals surface area contributed by atoms with Crippen molar-refractivity contribution in [2.75, 3.05) is 18.4 Å². The number of likely N-dealkylation sites (tertiary alicyclic amines) is 1. The van der Waals surface area contributed by atoms with Crippen molar-refractivity contribution in [3.63, 3.8) is 0 Å². The number of halogens is 1. The average molecular weight is 504 g/mol. The first kappa shape index (κ1) is 22.0. The molecule has 1 aliphatic carbocycles. The molecule has 0 unspecified atom stereocenters. The van der Waals surface area contributed by atoms with Crippen LogP contribution in [0.3, 0.4) is 0 Å². The molecule has 1 aromatic carbocycles. The summed E-state index contributed by atoms with van der Waals surface area (Å²) in [6.07, 6.45) is 5.11. The normalized spacial score (nSPS) is 17.5. The van der Waals surface area contributed by atoms with Gasteiger partial charge in [0, 0.05) is 24.3 Å². The molecule has 8 heteroatoms. The molecule has 2 heterocycles. The largest absolute Gasteiger partial charge is 0.339 e. The quantitative estimate of drug-likeness (QED) is 0.618. The predicted molar refractivity (Wildman–Crippen MR) is 126 cm³/mol. The Kier molecular flexibility index (Phi) is 6.48. The lowest BCUT2D eigenvalue weighted by atomic mass is 9.95. The maximum Gasteiger partial charge on any atom is 0.262 e. The highest BCUT2D eigenvalue weighted by atomic mass is 79.9. The van der Waals surface area contributed by atoms with Crippen molar-refractivity contribution >= 4 is 50.7 Å². The third-order valence-electron chi connectivity index (χ3n) is 6.15. The molecule has 1 saturated heterocycles. The van der Waals surface area contributed by atoms with Crippen LogP contribution in [0.5, 0.6) is 0 Å². The van der Waals surface area contributed by atoms with Crippen LogP contribution in [0.2, 0.25) is 0 Å². The fourth-order valence-electron chi connectivity index (χ4n) is 4.43. The van der Waals surface area contributed by atoms with Crippen molar-refractivity contribution in [1.82, 2.24) is 10.2 Å². The molecule has 1 aliphatic heterocycles. The first-order chi connectivity index (χ1) is 14.9. The topological polar surface area (TPSA) is 78.5 Å². The molecule has 2 fully saturated rings. The second-order valence-electron chi connectivity index (χ2n) is 8.33. The van der Waals surface area contributed by atoms with Crippen LogP contribution in [0.4, 0.5) is 5.69 Å². The molecule has 3 amide bonds. The number of thiophene rings is 1. The van der Waals surface area contributed by atoms with Crippen LogP contribution in [-0.2, 0) is 4.79 Å². The summed E-state index contributed by atoms with van der Waals surface area (Å²) in [5.74, 6) is -0.378. The Labute approximate surface area is 194 Å². The third-order valence-corrected chi connectivity index (χ3v) is 7.77. The lowest BCUT2D eigenvalue weighted by molar-refractivity contribution is -0.122. The van der Waals surface area contributed by atoms with Crippen LogP contribution in [0.1, 0.15) is 64.1 Å². The number of carbonyl (C=O) groups is 3. The Bertz CT molecular complexity index is 1010. The summed E-state index contributed by atoms with van der Waals surface area (Å²) in [6.45, 7) is 3.50. The summed E-state index contributed by atoms with van der Waals surface area (Å²) >= 11 is 4.72. The van der Waals surface area contributed by atoms with E-state index in [9.17, 15) is 14.4 Å². The van der Waals surface area contributed by atoms with E-state index in [1.54, 1.807) is 18.2 Å². The number of nitrogens with zero attached hydrogens (tertiary/aromatic N) is 1. The summed E-state index contributed by atoms with van der Waals surface area (Å²) in [4.78, 5) is 41.1. The Balaban J connectivity index is 1.48. The maximum atomic E-state index is 13.2. The van der Waals surface area contributed by atoms with Crippen LogP contribution in [-0.4, -0.2) is 41.2 Å². The van der Waals surface area contributed by atoms with Crippen molar-refractivity contribution in [2.45, 2.75) is 51.0 Å². The van der Waals surface area contributed by atoms with E-state index in [4.69, 9.17) is 0 Å². The molecule has 2 N–H and O–H groups in total. The predicted octanol–water partition coefficient (Wildman–Crippen LogP) is 4.74. The van der Waals surface area contributed by atoms with Gasteiger partial charge in [0.2, 0.25) is 5.91 Å². The highest BCUT2D eigenvalue weighted by Crippen LogP contribution is 2.32. The van der Waals surface area contributed by atoms with Crippen molar-refractivity contribution in [2.24, 2.45) is 0 Å². The van der Waals surface area contributed by atoms with Gasteiger partial charge in [-0.05, 0) is 84.4 Å². The number of nitrogens with one attached hydrogen (secondary N) is 2. The molecule has 2 aromatic rings. The van der Waals surface area contributed by atoms with Crippen LogP contribution in [0, 0.1) is 6.92 Å². The standard InChI is InChI=1S/C23H26BrN3O3S/c1-15-14-16(6-7-17(15)21(29)27-12-4-5-13-27)25-22(30)23(10-2-3-11-23)26-20(28)18-8-9-19(24)31-18/h6-9,14H,2-5,10-13H2,1H3,(H,25,30)(H,26,28). The number of benzene rings is 1. The fraction of sp³-hybridized carbons (Fsp3) is 0.435. The van der Waals surface area contributed by atoms with E-state index in [0.29, 0.717) is 29.0 Å². The monoisotopic (exact) mass is 503 g/mol. The van der Waals surface area contributed by atoms with E-state index in [1.807, 2.05) is 24.0 Å². The van der Waals surface area contributed by atoms with Crippen LogP contribution in [0.25, 0.3) is 0 Å². The Morgan fingerprint density at radius 2 is 1.74 bits per heavy atom. The molecule has 0 radical (unpaired) electrons. The van der Waals surface area contributed by atoms with E-state index >= 15 is 0 Å². The highest BCUT2D eigenvalue weighted by Gasteiger charge is 2.42. The van der Waals surface area contributed by atoms with Gasteiger partial charge < -0.3 is 15.5 Å². The summed E-state index contributed by atoms with van der Waals surface area (Å²) in [5, 5.41) is 5.98. The molecule has 164 valence electrons. The number of hydrogen-bond acceptors (Lipinski definition) is 4. The van der Waals surface area contributed by atoms with Gasteiger partial charge in [-0.2, -0.15) is 0 Å². The lowest BCUT2D eigenvalue weighted by Gasteiger charge is -2.29. The minimum atomic E-state index is -0.911. The molecular formula is C23H26BrN3O3S. The number of aryl methyl sites for hydroxylation is 1. The van der Waals surface area contributed by atoms with Crippen molar-refractivity contribution in [3.05, 3.63) is 50.1 Å². The number of amides is 3. The van der Waals surface area contributed by atoms with E-state index < -0.39 is 5.54 Å². The summed E-state index contributed by atoms with van der Waals surface area (Å²) in [7, 11) is 0. The van der Waals surface area contributed by atoms with Crippen molar-refractivity contribution in [3.8, 4) is 0 Å². The molecule has 4 rings (SSSR count). The molecule has 31 heavy (non-hydrogen) atoms. The molecule has 1 saturated carbocycles. The first-order valence-electron chi connectivity index (χ1n) is 10.7. The van der Waals surface area contributed by atoms with E-state index in [2.05, 4.69) is 26.6 Å². The van der Waals surface area contributed by atoms with Crippen LogP contribution >= 0.6 is 27.3 Å². The minimum Gasteiger partial charge on any atom is -0.339 e. The Morgan fingerprint density at radius 3 is 2.35 bits per heavy atom. The van der Waals surface area contributed by atoms with Gasteiger partial charge >= 0.3 is 0 Å². The molecule has 0 spiro atoms. The van der Waals surface area contributed by atoms with Gasteiger partial charge in [0.15, 0.2) is 0 Å². The fourth-order valence-corrected chi connectivity index (χ4v) is 5.71. The number of anilines is 1. The van der Waals surface area contributed by atoms with Gasteiger partial charge in [0.05, 0.1) is 8.66 Å². The summed E-state index contributed by atoms with van der Waals surface area (Å²) < 4.78 is 0.876. The summed E-state index contributed by atoms with van der Waals surface area (Å²) in [6, 6.07) is 8.98. The molecule has 1 aromatic heterocycles. The Morgan fingerprint density at radius 1 is 1.03 bits per heavy atom. The molecule has 6 nitrogen and oxygen atoms in total. The van der Waals surface area contributed by atoms with Crippen molar-refractivity contribution < 1.29 is 14.4 Å². The van der Waals surface area contributed by atoms with Crippen molar-refractivity contribution in [1.29, 1.82) is 0 Å². The molecule has 2 aliphatic rings. The highest BCUT2D eigenvalue weighted by molar-refractivity contribution is 9.11. The lowest BCUT2D eigenvalue weighted by Crippen LogP contribution is -2.54. The first-order valence-corrected chi connectivity index (χ1v) is 12.3. The maximum absolute atomic E-state index is 13.2. The summed E-state index contributed by atoms with van der Waals surface area (Å²) in [5.41, 5.74) is 1.24. The van der Waals surface area contributed by atoms with Gasteiger partial charge in [0.1, 0.15) is 5.54 Å². The zero-order chi connectivity index (χ0) is 22.0. The molecular weight excluding hydrogens is 478 g/mol. The van der Waals surface area contributed by atoms with Gasteiger partial charge in [-0.1, -0.05) is 12.8 Å². The van der Waals surface area contributed by atoms with Crippen LogP contribution < -0.4 is 10.6 Å². The van der Waals surface area contributed by atoms with E-state index in [1.165, 1.54) is 11.3 Å². The van der Waals surface area contributed by atoms with E-state index in [0.717, 1.165) is 48.1 Å². The number of rotatable bonds is 5. The number of carbonyl (C=O) groups excluding carboxylic acids is 3. The number of hydrogen-bond donors (Lipinski definition) is 2. The molecule has 0 bridgehead atoms. The second-order valence-corrected chi connectivity index (χ2v) is 10.8.